The number of carbonyl (C=O) groups is 1. The van der Waals surface area contributed by atoms with Gasteiger partial charge in [-0.15, -0.1) is 12.4 Å². The molecule has 1 atom stereocenters. The van der Waals surface area contributed by atoms with E-state index in [0.717, 1.165) is 5.56 Å². The normalized spacial score (nSPS) is 14.8. The van der Waals surface area contributed by atoms with Crippen molar-refractivity contribution >= 4 is 18.3 Å². The Morgan fingerprint density at radius 1 is 1.33 bits per heavy atom. The Morgan fingerprint density at radius 3 is 2.52 bits per heavy atom. The first-order chi connectivity index (χ1) is 9.67. The molecule has 0 spiro atoms. The molecule has 3 N–H and O–H groups in total. The molecule has 0 aliphatic heterocycles. The van der Waals surface area contributed by atoms with Crippen LogP contribution in [0.4, 0.5) is 0 Å². The van der Waals surface area contributed by atoms with E-state index in [-0.39, 0.29) is 24.4 Å². The average molecular weight is 315 g/mol. The highest BCUT2D eigenvalue weighted by atomic mass is 35.5. The second-order valence-corrected chi connectivity index (χ2v) is 5.11. The number of benzene rings is 1. The predicted molar refractivity (Wildman–Crippen MR) is 84.2 cm³/mol. The van der Waals surface area contributed by atoms with Crippen LogP contribution in [0, 0.1) is 5.92 Å². The zero-order valence-corrected chi connectivity index (χ0v) is 13.2. The topological polar surface area (TPSA) is 73.6 Å². The van der Waals surface area contributed by atoms with Gasteiger partial charge in [-0.3, -0.25) is 4.79 Å². The van der Waals surface area contributed by atoms with Gasteiger partial charge in [-0.2, -0.15) is 0 Å². The molecular weight excluding hydrogens is 292 g/mol. The van der Waals surface area contributed by atoms with Crippen LogP contribution in [0.1, 0.15) is 18.4 Å². The molecule has 1 amide bonds. The molecule has 1 aromatic rings. The van der Waals surface area contributed by atoms with E-state index < -0.39 is 0 Å². The Labute approximate surface area is 131 Å². The van der Waals surface area contributed by atoms with Crippen molar-refractivity contribution in [1.82, 2.24) is 5.32 Å². The van der Waals surface area contributed by atoms with E-state index in [1.165, 1.54) is 12.8 Å². The molecule has 0 saturated heterocycles. The minimum atomic E-state index is -0.000398. The fraction of sp³-hybridized carbons (Fsp3) is 0.533. The molecule has 1 saturated carbocycles. The summed E-state index contributed by atoms with van der Waals surface area (Å²) in [6.45, 7) is 0.502. The largest absolute Gasteiger partial charge is 0.493 e. The fourth-order valence-electron chi connectivity index (χ4n) is 2.30. The van der Waals surface area contributed by atoms with Gasteiger partial charge in [0.2, 0.25) is 5.91 Å². The van der Waals surface area contributed by atoms with Gasteiger partial charge in [0.05, 0.1) is 20.6 Å². The van der Waals surface area contributed by atoms with Crippen molar-refractivity contribution in [3.8, 4) is 11.5 Å². The van der Waals surface area contributed by atoms with Gasteiger partial charge in [-0.25, -0.2) is 0 Å². The number of hydrogen-bond donors (Lipinski definition) is 2. The van der Waals surface area contributed by atoms with Gasteiger partial charge < -0.3 is 20.5 Å². The molecule has 5 nitrogen and oxygen atoms in total. The van der Waals surface area contributed by atoms with Gasteiger partial charge in [0.15, 0.2) is 11.5 Å². The lowest BCUT2D eigenvalue weighted by atomic mass is 10.1. The van der Waals surface area contributed by atoms with E-state index in [1.807, 2.05) is 18.2 Å². The molecule has 1 unspecified atom stereocenters. The molecule has 21 heavy (non-hydrogen) atoms. The number of hydrogen-bond acceptors (Lipinski definition) is 4. The van der Waals surface area contributed by atoms with E-state index in [9.17, 15) is 4.79 Å². The third-order valence-electron chi connectivity index (χ3n) is 3.60. The summed E-state index contributed by atoms with van der Waals surface area (Å²) in [5.41, 5.74) is 6.58. The van der Waals surface area contributed by atoms with Crippen molar-refractivity contribution in [3.05, 3.63) is 23.8 Å². The Morgan fingerprint density at radius 2 is 2.00 bits per heavy atom. The Hall–Kier alpha value is -1.46. The van der Waals surface area contributed by atoms with Crippen LogP contribution < -0.4 is 20.5 Å². The summed E-state index contributed by atoms with van der Waals surface area (Å²) >= 11 is 0. The standard InChI is InChI=1S/C15H22N2O3.ClH/c1-19-13-6-3-10(7-14(13)20-2)8-15(18)17-12(9-16)11-4-5-11;/h3,6-7,11-12H,4-5,8-9,16H2,1-2H3,(H,17,18);1H. The third-order valence-corrected chi connectivity index (χ3v) is 3.60. The van der Waals surface area contributed by atoms with Crippen LogP contribution in [-0.4, -0.2) is 32.7 Å². The molecule has 118 valence electrons. The molecule has 0 radical (unpaired) electrons. The fourth-order valence-corrected chi connectivity index (χ4v) is 2.30. The number of carbonyl (C=O) groups excluding carboxylic acids is 1. The van der Waals surface area contributed by atoms with Crippen molar-refractivity contribution in [2.75, 3.05) is 20.8 Å². The van der Waals surface area contributed by atoms with Gasteiger partial charge in [-0.1, -0.05) is 6.07 Å². The lowest BCUT2D eigenvalue weighted by molar-refractivity contribution is -0.121. The van der Waals surface area contributed by atoms with Crippen LogP contribution in [0.15, 0.2) is 18.2 Å². The minimum absolute atomic E-state index is 0. The SMILES string of the molecule is COc1ccc(CC(=O)NC(CN)C2CC2)cc1OC.Cl. The first kappa shape index (κ1) is 17.6. The van der Waals surface area contributed by atoms with Crippen LogP contribution in [0.2, 0.25) is 0 Å². The number of rotatable bonds is 7. The Bertz CT molecular complexity index is 478. The lowest BCUT2D eigenvalue weighted by Crippen LogP contribution is -2.42. The monoisotopic (exact) mass is 314 g/mol. The van der Waals surface area contributed by atoms with E-state index in [4.69, 9.17) is 15.2 Å². The van der Waals surface area contributed by atoms with Gasteiger partial charge in [0, 0.05) is 12.6 Å². The van der Waals surface area contributed by atoms with Gasteiger partial charge in [0.1, 0.15) is 0 Å². The van der Waals surface area contributed by atoms with Gasteiger partial charge in [-0.05, 0) is 36.5 Å². The maximum absolute atomic E-state index is 12.0. The summed E-state index contributed by atoms with van der Waals surface area (Å²) in [4.78, 5) is 12.0. The highest BCUT2D eigenvalue weighted by Gasteiger charge is 2.31. The predicted octanol–water partition coefficient (Wildman–Crippen LogP) is 1.52. The number of halogens is 1. The van der Waals surface area contributed by atoms with E-state index in [0.29, 0.717) is 30.4 Å². The first-order valence-electron chi connectivity index (χ1n) is 6.88. The number of amides is 1. The maximum atomic E-state index is 12.0. The third kappa shape index (κ3) is 4.79. The second-order valence-electron chi connectivity index (χ2n) is 5.11. The molecule has 1 aliphatic carbocycles. The zero-order chi connectivity index (χ0) is 14.5. The summed E-state index contributed by atoms with van der Waals surface area (Å²) in [7, 11) is 3.17. The Balaban J connectivity index is 0.00000220. The maximum Gasteiger partial charge on any atom is 0.224 e. The summed E-state index contributed by atoms with van der Waals surface area (Å²) < 4.78 is 10.4. The number of nitrogens with two attached hydrogens (primary N) is 1. The van der Waals surface area contributed by atoms with Crippen molar-refractivity contribution < 1.29 is 14.3 Å². The van der Waals surface area contributed by atoms with E-state index >= 15 is 0 Å². The summed E-state index contributed by atoms with van der Waals surface area (Å²) in [5, 5.41) is 3.01. The van der Waals surface area contributed by atoms with Crippen LogP contribution in [0.25, 0.3) is 0 Å². The quantitative estimate of drug-likeness (QED) is 0.800. The highest BCUT2D eigenvalue weighted by Crippen LogP contribution is 2.32. The molecule has 6 heteroatoms. The van der Waals surface area contributed by atoms with Crippen LogP contribution in [0.3, 0.4) is 0 Å². The average Bonchev–Trinajstić information content (AvgIpc) is 3.29. The molecule has 1 aromatic carbocycles. The van der Waals surface area contributed by atoms with Crippen molar-refractivity contribution in [3.63, 3.8) is 0 Å². The van der Waals surface area contributed by atoms with E-state index in [1.54, 1.807) is 14.2 Å². The molecular formula is C15H23ClN2O3. The number of ether oxygens (including phenoxy) is 2. The van der Waals surface area contributed by atoms with Crippen LogP contribution in [-0.2, 0) is 11.2 Å². The van der Waals surface area contributed by atoms with Crippen LogP contribution >= 0.6 is 12.4 Å². The molecule has 0 bridgehead atoms. The minimum Gasteiger partial charge on any atom is -0.493 e. The molecule has 2 rings (SSSR count). The molecule has 1 fully saturated rings. The molecule has 0 aromatic heterocycles. The molecule has 0 heterocycles. The van der Waals surface area contributed by atoms with Crippen molar-refractivity contribution in [2.24, 2.45) is 11.7 Å². The van der Waals surface area contributed by atoms with Crippen LogP contribution in [0.5, 0.6) is 11.5 Å². The smallest absolute Gasteiger partial charge is 0.224 e. The number of methoxy groups -OCH3 is 2. The second kappa shape index (κ2) is 8.10. The van der Waals surface area contributed by atoms with E-state index in [2.05, 4.69) is 5.32 Å². The number of nitrogens with one attached hydrogen (secondary N) is 1. The van der Waals surface area contributed by atoms with Gasteiger partial charge in [0.25, 0.3) is 0 Å². The van der Waals surface area contributed by atoms with Crippen molar-refractivity contribution in [2.45, 2.75) is 25.3 Å². The molecule has 1 aliphatic rings. The first-order valence-corrected chi connectivity index (χ1v) is 6.88. The lowest BCUT2D eigenvalue weighted by Gasteiger charge is -2.16. The van der Waals surface area contributed by atoms with Gasteiger partial charge >= 0.3 is 0 Å². The highest BCUT2D eigenvalue weighted by molar-refractivity contribution is 5.85. The summed E-state index contributed by atoms with van der Waals surface area (Å²) in [5.74, 6) is 1.86. The van der Waals surface area contributed by atoms with Crippen molar-refractivity contribution in [1.29, 1.82) is 0 Å². The summed E-state index contributed by atoms with van der Waals surface area (Å²) in [6.07, 6.45) is 2.65. The summed E-state index contributed by atoms with van der Waals surface area (Å²) in [6, 6.07) is 5.62. The Kier molecular flexibility index (Phi) is 6.78. The zero-order valence-electron chi connectivity index (χ0n) is 12.4.